The average molecular weight is 447 g/mol. The number of benzene rings is 1. The summed E-state index contributed by atoms with van der Waals surface area (Å²) < 4.78 is 13.4. The van der Waals surface area contributed by atoms with Crippen molar-refractivity contribution < 1.29 is 4.39 Å². The van der Waals surface area contributed by atoms with E-state index < -0.39 is 0 Å². The fourth-order valence-electron chi connectivity index (χ4n) is 3.62. The Kier molecular flexibility index (Phi) is 7.73. The molecule has 2 aromatic rings. The van der Waals surface area contributed by atoms with Crippen molar-refractivity contribution in [2.24, 2.45) is 4.99 Å². The van der Waals surface area contributed by atoms with Crippen molar-refractivity contribution in [3.8, 4) is 0 Å². The zero-order valence-electron chi connectivity index (χ0n) is 18.8. The first kappa shape index (κ1) is 23.3. The first-order valence-electron chi connectivity index (χ1n) is 10.6. The lowest BCUT2D eigenvalue weighted by Crippen LogP contribution is -2.45. The van der Waals surface area contributed by atoms with E-state index in [1.165, 1.54) is 12.1 Å². The number of nitrogens with zero attached hydrogens (tertiary/aromatic N) is 4. The molecule has 0 radical (unpaired) electrons. The van der Waals surface area contributed by atoms with Gasteiger partial charge < -0.3 is 20.4 Å². The van der Waals surface area contributed by atoms with E-state index in [2.05, 4.69) is 57.4 Å². The van der Waals surface area contributed by atoms with Crippen LogP contribution in [0.1, 0.15) is 25.0 Å². The van der Waals surface area contributed by atoms with Crippen LogP contribution in [-0.4, -0.2) is 62.7 Å². The first-order chi connectivity index (χ1) is 14.8. The standard InChI is InChI=1S/C23H32ClFN6/c1-23(2,19-6-5-18(25)14-20(19)24)16-29-22(26-3)28-15-17-7-8-27-21(13-17)31-11-9-30(4)10-12-31/h5-8,13-14H,9-12,15-16H2,1-4H3,(H2,26,28,29). The Hall–Kier alpha value is -2.38. The number of aliphatic imine (C=N–C) groups is 1. The molecule has 0 bridgehead atoms. The third-order valence-corrected chi connectivity index (χ3v) is 5.99. The van der Waals surface area contributed by atoms with Crippen LogP contribution < -0.4 is 15.5 Å². The maximum Gasteiger partial charge on any atom is 0.191 e. The molecule has 2 heterocycles. The summed E-state index contributed by atoms with van der Waals surface area (Å²) in [5.41, 5.74) is 1.74. The van der Waals surface area contributed by atoms with Crippen LogP contribution in [0.5, 0.6) is 0 Å². The third-order valence-electron chi connectivity index (χ3n) is 5.68. The Labute approximate surface area is 189 Å². The topological polar surface area (TPSA) is 55.8 Å². The number of pyridine rings is 1. The van der Waals surface area contributed by atoms with E-state index in [1.54, 1.807) is 13.1 Å². The maximum absolute atomic E-state index is 13.4. The van der Waals surface area contributed by atoms with E-state index in [0.717, 1.165) is 43.1 Å². The molecule has 2 N–H and O–H groups in total. The third kappa shape index (κ3) is 6.31. The molecule has 1 aromatic heterocycles. The molecule has 1 aliphatic heterocycles. The van der Waals surface area contributed by atoms with Crippen molar-refractivity contribution in [1.82, 2.24) is 20.5 Å². The molecule has 0 unspecified atom stereocenters. The summed E-state index contributed by atoms with van der Waals surface area (Å²) in [6.07, 6.45) is 1.86. The zero-order chi connectivity index (χ0) is 22.4. The maximum atomic E-state index is 13.4. The highest BCUT2D eigenvalue weighted by Gasteiger charge is 2.24. The molecule has 0 amide bonds. The fourth-order valence-corrected chi connectivity index (χ4v) is 4.05. The van der Waals surface area contributed by atoms with Crippen molar-refractivity contribution in [3.05, 3.63) is 58.5 Å². The van der Waals surface area contributed by atoms with E-state index in [1.807, 2.05) is 12.3 Å². The predicted octanol–water partition coefficient (Wildman–Crippen LogP) is 3.27. The first-order valence-corrected chi connectivity index (χ1v) is 10.9. The summed E-state index contributed by atoms with van der Waals surface area (Å²) in [6, 6.07) is 8.69. The summed E-state index contributed by atoms with van der Waals surface area (Å²) in [5, 5.41) is 7.15. The minimum atomic E-state index is -0.330. The molecule has 0 saturated carbocycles. The lowest BCUT2D eigenvalue weighted by atomic mass is 9.84. The Morgan fingerprint density at radius 1 is 1.16 bits per heavy atom. The molecule has 1 aromatic carbocycles. The highest BCUT2D eigenvalue weighted by Crippen LogP contribution is 2.29. The quantitative estimate of drug-likeness (QED) is 0.527. The molecule has 3 rings (SSSR count). The number of guanidine groups is 1. The van der Waals surface area contributed by atoms with E-state index in [-0.39, 0.29) is 11.2 Å². The second-order valence-electron chi connectivity index (χ2n) is 8.60. The summed E-state index contributed by atoms with van der Waals surface area (Å²) in [5.74, 6) is 1.38. The van der Waals surface area contributed by atoms with Gasteiger partial charge in [-0.2, -0.15) is 0 Å². The number of likely N-dealkylation sites (N-methyl/N-ethyl adjacent to an activating group) is 1. The monoisotopic (exact) mass is 446 g/mol. The van der Waals surface area contributed by atoms with Crippen LogP contribution in [0.15, 0.2) is 41.5 Å². The van der Waals surface area contributed by atoms with Gasteiger partial charge in [0.05, 0.1) is 0 Å². The van der Waals surface area contributed by atoms with Gasteiger partial charge in [0.15, 0.2) is 5.96 Å². The minimum absolute atomic E-state index is 0.298. The normalized spacial score (nSPS) is 15.8. The van der Waals surface area contributed by atoms with Crippen LogP contribution in [0.25, 0.3) is 0 Å². The molecule has 0 aliphatic carbocycles. The summed E-state index contributed by atoms with van der Waals surface area (Å²) in [4.78, 5) is 13.5. The van der Waals surface area contributed by atoms with Gasteiger partial charge in [0.1, 0.15) is 11.6 Å². The van der Waals surface area contributed by atoms with Crippen LogP contribution in [0.3, 0.4) is 0 Å². The van der Waals surface area contributed by atoms with Crippen molar-refractivity contribution in [3.63, 3.8) is 0 Å². The number of aromatic nitrogens is 1. The van der Waals surface area contributed by atoms with E-state index in [9.17, 15) is 4.39 Å². The van der Waals surface area contributed by atoms with Gasteiger partial charge in [0.25, 0.3) is 0 Å². The smallest absolute Gasteiger partial charge is 0.191 e. The molecule has 31 heavy (non-hydrogen) atoms. The summed E-state index contributed by atoms with van der Waals surface area (Å²) >= 11 is 6.27. The molecule has 1 saturated heterocycles. The number of anilines is 1. The van der Waals surface area contributed by atoms with Crippen molar-refractivity contribution in [2.45, 2.75) is 25.8 Å². The van der Waals surface area contributed by atoms with Crippen molar-refractivity contribution in [1.29, 1.82) is 0 Å². The highest BCUT2D eigenvalue weighted by atomic mass is 35.5. The molecule has 168 valence electrons. The second-order valence-corrected chi connectivity index (χ2v) is 9.01. The molecule has 6 nitrogen and oxygen atoms in total. The molecular formula is C23H32ClFN6. The summed E-state index contributed by atoms with van der Waals surface area (Å²) in [7, 11) is 3.89. The van der Waals surface area contributed by atoms with Crippen LogP contribution in [0.4, 0.5) is 10.2 Å². The molecule has 1 fully saturated rings. The Morgan fingerprint density at radius 3 is 2.58 bits per heavy atom. The van der Waals surface area contributed by atoms with Crippen LogP contribution in [-0.2, 0) is 12.0 Å². The Morgan fingerprint density at radius 2 is 1.90 bits per heavy atom. The summed E-state index contributed by atoms with van der Waals surface area (Å²) in [6.45, 7) is 9.45. The van der Waals surface area contributed by atoms with Crippen LogP contribution >= 0.6 is 11.6 Å². The SMILES string of the molecule is CN=C(NCc1ccnc(N2CCN(C)CC2)c1)NCC(C)(C)c1ccc(F)cc1Cl. The number of nitrogens with one attached hydrogen (secondary N) is 2. The van der Waals surface area contributed by atoms with Crippen LogP contribution in [0.2, 0.25) is 5.02 Å². The van der Waals surface area contributed by atoms with E-state index >= 15 is 0 Å². The van der Waals surface area contributed by atoms with Gasteiger partial charge in [-0.1, -0.05) is 31.5 Å². The van der Waals surface area contributed by atoms with Gasteiger partial charge in [-0.25, -0.2) is 9.37 Å². The minimum Gasteiger partial charge on any atom is -0.356 e. The Balaban J connectivity index is 1.56. The average Bonchev–Trinajstić information content (AvgIpc) is 2.74. The number of halogens is 2. The van der Waals surface area contributed by atoms with Crippen molar-refractivity contribution in [2.75, 3.05) is 51.7 Å². The molecule has 0 spiro atoms. The second kappa shape index (κ2) is 10.3. The number of hydrogen-bond acceptors (Lipinski definition) is 4. The van der Waals surface area contributed by atoms with E-state index in [0.29, 0.717) is 24.1 Å². The zero-order valence-corrected chi connectivity index (χ0v) is 19.5. The highest BCUT2D eigenvalue weighted by molar-refractivity contribution is 6.31. The predicted molar refractivity (Wildman–Crippen MR) is 127 cm³/mol. The van der Waals surface area contributed by atoms with Crippen LogP contribution in [0, 0.1) is 5.82 Å². The molecule has 0 atom stereocenters. The number of hydrogen-bond donors (Lipinski definition) is 2. The van der Waals surface area contributed by atoms with Gasteiger partial charge in [-0.15, -0.1) is 0 Å². The van der Waals surface area contributed by atoms with E-state index in [4.69, 9.17) is 11.6 Å². The van der Waals surface area contributed by atoms with Gasteiger partial charge in [-0.05, 0) is 42.4 Å². The van der Waals surface area contributed by atoms with Gasteiger partial charge in [-0.3, -0.25) is 4.99 Å². The van der Waals surface area contributed by atoms with Gasteiger partial charge in [0.2, 0.25) is 0 Å². The lowest BCUT2D eigenvalue weighted by molar-refractivity contribution is 0.312. The Bertz CT molecular complexity index is 909. The van der Waals surface area contributed by atoms with Gasteiger partial charge >= 0.3 is 0 Å². The van der Waals surface area contributed by atoms with Gasteiger partial charge in [0, 0.05) is 63.0 Å². The number of piperazine rings is 1. The molecular weight excluding hydrogens is 415 g/mol. The fraction of sp³-hybridized carbons (Fsp3) is 0.478. The van der Waals surface area contributed by atoms with Crippen molar-refractivity contribution >= 4 is 23.4 Å². The largest absolute Gasteiger partial charge is 0.356 e. The molecule has 1 aliphatic rings. The molecule has 8 heteroatoms. The number of rotatable bonds is 6. The lowest BCUT2D eigenvalue weighted by Gasteiger charge is -2.33.